The maximum Gasteiger partial charge on any atom is 0.240 e. The van der Waals surface area contributed by atoms with Crippen LogP contribution in [0.3, 0.4) is 0 Å². The Labute approximate surface area is 146 Å². The predicted octanol–water partition coefficient (Wildman–Crippen LogP) is 0.852. The largest absolute Gasteiger partial charge is 0.381 e. The fraction of sp³-hybridized carbons (Fsp3) is 0.882. The average molecular weight is 342 g/mol. The Morgan fingerprint density at radius 1 is 1.42 bits per heavy atom. The van der Waals surface area contributed by atoms with Crippen LogP contribution >= 0.6 is 0 Å². The molecule has 1 aliphatic rings. The van der Waals surface area contributed by atoms with Gasteiger partial charge in [-0.05, 0) is 33.6 Å². The van der Waals surface area contributed by atoms with Gasteiger partial charge in [0.25, 0.3) is 0 Å². The van der Waals surface area contributed by atoms with E-state index in [-0.39, 0.29) is 18.0 Å². The van der Waals surface area contributed by atoms with Crippen molar-refractivity contribution in [2.24, 2.45) is 10.9 Å². The van der Waals surface area contributed by atoms with Crippen LogP contribution in [-0.2, 0) is 14.3 Å². The minimum absolute atomic E-state index is 0.0185. The SMILES string of the molecule is CN=C(NCCCOCC1CCOC1)N(C)CC(=O)NC(C)(C)C. The molecule has 1 amide bonds. The lowest BCUT2D eigenvalue weighted by molar-refractivity contribution is -0.122. The molecule has 24 heavy (non-hydrogen) atoms. The van der Waals surface area contributed by atoms with Crippen molar-refractivity contribution in [1.29, 1.82) is 0 Å². The Hall–Kier alpha value is -1.34. The second-order valence-corrected chi connectivity index (χ2v) is 7.29. The summed E-state index contributed by atoms with van der Waals surface area (Å²) in [5, 5.41) is 6.20. The Balaban J connectivity index is 2.15. The summed E-state index contributed by atoms with van der Waals surface area (Å²) in [5.41, 5.74) is -0.226. The second-order valence-electron chi connectivity index (χ2n) is 7.29. The van der Waals surface area contributed by atoms with Crippen LogP contribution in [0.1, 0.15) is 33.6 Å². The van der Waals surface area contributed by atoms with Gasteiger partial charge in [0, 0.05) is 45.3 Å². The molecule has 0 aromatic heterocycles. The zero-order valence-corrected chi connectivity index (χ0v) is 15.9. The maximum atomic E-state index is 12.0. The number of ether oxygens (including phenoxy) is 2. The van der Waals surface area contributed by atoms with Crippen LogP contribution < -0.4 is 10.6 Å². The van der Waals surface area contributed by atoms with E-state index in [9.17, 15) is 4.79 Å². The number of nitrogens with one attached hydrogen (secondary N) is 2. The molecule has 7 heteroatoms. The molecule has 1 saturated heterocycles. The van der Waals surface area contributed by atoms with Crippen molar-refractivity contribution < 1.29 is 14.3 Å². The lowest BCUT2D eigenvalue weighted by Gasteiger charge is -2.25. The molecule has 0 saturated carbocycles. The highest BCUT2D eigenvalue weighted by atomic mass is 16.5. The van der Waals surface area contributed by atoms with Gasteiger partial charge in [0.2, 0.25) is 5.91 Å². The smallest absolute Gasteiger partial charge is 0.240 e. The summed E-state index contributed by atoms with van der Waals surface area (Å²) in [5.74, 6) is 1.25. The first-order chi connectivity index (χ1) is 11.3. The van der Waals surface area contributed by atoms with E-state index < -0.39 is 0 Å². The van der Waals surface area contributed by atoms with Crippen LogP contribution in [0.4, 0.5) is 0 Å². The van der Waals surface area contributed by atoms with Crippen LogP contribution in [0.15, 0.2) is 4.99 Å². The average Bonchev–Trinajstić information content (AvgIpc) is 2.97. The van der Waals surface area contributed by atoms with Gasteiger partial charge in [-0.1, -0.05) is 0 Å². The molecule has 1 unspecified atom stereocenters. The van der Waals surface area contributed by atoms with Crippen LogP contribution in [-0.4, -0.2) is 75.9 Å². The molecule has 0 aromatic carbocycles. The molecule has 0 radical (unpaired) electrons. The molecule has 1 atom stereocenters. The maximum absolute atomic E-state index is 12.0. The zero-order chi connectivity index (χ0) is 18.0. The minimum atomic E-state index is -0.226. The molecule has 0 aliphatic carbocycles. The molecular formula is C17H34N4O3. The summed E-state index contributed by atoms with van der Waals surface area (Å²) < 4.78 is 11.0. The van der Waals surface area contributed by atoms with Gasteiger partial charge in [0.05, 0.1) is 19.8 Å². The summed E-state index contributed by atoms with van der Waals surface area (Å²) in [6, 6.07) is 0. The number of aliphatic imine (C=N–C) groups is 1. The van der Waals surface area contributed by atoms with Gasteiger partial charge in [-0.2, -0.15) is 0 Å². The number of hydrogen-bond donors (Lipinski definition) is 2. The molecule has 7 nitrogen and oxygen atoms in total. The van der Waals surface area contributed by atoms with Gasteiger partial charge in [0.15, 0.2) is 5.96 Å². The summed E-state index contributed by atoms with van der Waals surface area (Å²) in [7, 11) is 3.57. The Kier molecular flexibility index (Phi) is 9.07. The number of nitrogens with zero attached hydrogens (tertiary/aromatic N) is 2. The quantitative estimate of drug-likeness (QED) is 0.389. The topological polar surface area (TPSA) is 75.2 Å². The summed E-state index contributed by atoms with van der Waals surface area (Å²) in [6.45, 7) is 10.1. The number of rotatable bonds is 8. The molecule has 0 spiro atoms. The first-order valence-corrected chi connectivity index (χ1v) is 8.70. The molecule has 1 rings (SSSR count). The van der Waals surface area contributed by atoms with Crippen molar-refractivity contribution in [1.82, 2.24) is 15.5 Å². The lowest BCUT2D eigenvalue weighted by atomic mass is 10.1. The summed E-state index contributed by atoms with van der Waals surface area (Å²) >= 11 is 0. The van der Waals surface area contributed by atoms with Crippen molar-refractivity contribution in [2.45, 2.75) is 39.2 Å². The molecular weight excluding hydrogens is 308 g/mol. The lowest BCUT2D eigenvalue weighted by Crippen LogP contribution is -2.48. The van der Waals surface area contributed by atoms with E-state index in [0.29, 0.717) is 18.5 Å². The third-order valence-electron chi connectivity index (χ3n) is 3.59. The molecule has 0 bridgehead atoms. The highest BCUT2D eigenvalue weighted by Gasteiger charge is 2.17. The van der Waals surface area contributed by atoms with Gasteiger partial charge in [0.1, 0.15) is 0 Å². The number of amides is 1. The first-order valence-electron chi connectivity index (χ1n) is 8.70. The van der Waals surface area contributed by atoms with Crippen molar-refractivity contribution >= 4 is 11.9 Å². The fourth-order valence-electron chi connectivity index (χ4n) is 2.47. The normalized spacial score (nSPS) is 18.5. The van der Waals surface area contributed by atoms with E-state index in [1.165, 1.54) is 0 Å². The van der Waals surface area contributed by atoms with Crippen molar-refractivity contribution in [3.05, 3.63) is 0 Å². The van der Waals surface area contributed by atoms with Crippen molar-refractivity contribution in [2.75, 3.05) is 53.6 Å². The Bertz CT molecular complexity index is 401. The third kappa shape index (κ3) is 9.08. The number of carbonyl (C=O) groups excluding carboxylic acids is 1. The standard InChI is InChI=1S/C17H34N4O3/c1-17(2,3)20-15(22)11-21(5)16(18-4)19-8-6-9-23-12-14-7-10-24-13-14/h14H,6-13H2,1-5H3,(H,18,19)(H,20,22). The number of guanidine groups is 1. The summed E-state index contributed by atoms with van der Waals surface area (Å²) in [4.78, 5) is 18.0. The van der Waals surface area contributed by atoms with Gasteiger partial charge in [-0.3, -0.25) is 9.79 Å². The van der Waals surface area contributed by atoms with E-state index in [1.807, 2.05) is 32.7 Å². The first kappa shape index (κ1) is 20.7. The zero-order valence-electron chi connectivity index (χ0n) is 15.9. The molecule has 0 aromatic rings. The van der Waals surface area contributed by atoms with E-state index in [2.05, 4.69) is 15.6 Å². The molecule has 140 valence electrons. The molecule has 1 heterocycles. The van der Waals surface area contributed by atoms with E-state index in [0.717, 1.165) is 39.2 Å². The van der Waals surface area contributed by atoms with E-state index >= 15 is 0 Å². The summed E-state index contributed by atoms with van der Waals surface area (Å²) in [6.07, 6.45) is 2.00. The Morgan fingerprint density at radius 2 is 2.17 bits per heavy atom. The van der Waals surface area contributed by atoms with Crippen molar-refractivity contribution in [3.8, 4) is 0 Å². The van der Waals surface area contributed by atoms with Crippen molar-refractivity contribution in [3.63, 3.8) is 0 Å². The van der Waals surface area contributed by atoms with Gasteiger partial charge in [-0.15, -0.1) is 0 Å². The van der Waals surface area contributed by atoms with Gasteiger partial charge >= 0.3 is 0 Å². The van der Waals surface area contributed by atoms with E-state index in [4.69, 9.17) is 9.47 Å². The second kappa shape index (κ2) is 10.5. The van der Waals surface area contributed by atoms with Crippen LogP contribution in [0.2, 0.25) is 0 Å². The monoisotopic (exact) mass is 342 g/mol. The third-order valence-corrected chi connectivity index (χ3v) is 3.59. The molecule has 2 N–H and O–H groups in total. The van der Waals surface area contributed by atoms with Crippen LogP contribution in [0.5, 0.6) is 0 Å². The highest BCUT2D eigenvalue weighted by molar-refractivity contribution is 5.86. The van der Waals surface area contributed by atoms with E-state index in [1.54, 1.807) is 7.05 Å². The molecule has 1 aliphatic heterocycles. The highest BCUT2D eigenvalue weighted by Crippen LogP contribution is 2.12. The van der Waals surface area contributed by atoms with Crippen LogP contribution in [0, 0.1) is 5.92 Å². The number of likely N-dealkylation sites (N-methyl/N-ethyl adjacent to an activating group) is 1. The van der Waals surface area contributed by atoms with Gasteiger partial charge in [-0.25, -0.2) is 0 Å². The predicted molar refractivity (Wildman–Crippen MR) is 96.2 cm³/mol. The Morgan fingerprint density at radius 3 is 2.75 bits per heavy atom. The fourth-order valence-corrected chi connectivity index (χ4v) is 2.47. The minimum Gasteiger partial charge on any atom is -0.381 e. The van der Waals surface area contributed by atoms with Gasteiger partial charge < -0.3 is 25.0 Å². The number of hydrogen-bond acceptors (Lipinski definition) is 4. The van der Waals surface area contributed by atoms with Crippen LogP contribution in [0.25, 0.3) is 0 Å². The molecule has 1 fully saturated rings. The number of carbonyl (C=O) groups is 1.